The summed E-state index contributed by atoms with van der Waals surface area (Å²) in [5.41, 5.74) is 0. The summed E-state index contributed by atoms with van der Waals surface area (Å²) < 4.78 is 0. The Bertz CT molecular complexity index is 33.2. The van der Waals surface area contributed by atoms with Gasteiger partial charge in [0, 0.05) is 5.25 Å². The van der Waals surface area contributed by atoms with Crippen LogP contribution >= 0.6 is 11.8 Å². The summed E-state index contributed by atoms with van der Waals surface area (Å²) in [4.78, 5) is 0. The van der Waals surface area contributed by atoms with Crippen molar-refractivity contribution in [2.24, 2.45) is 0 Å². The molecule has 0 saturated heterocycles. The Kier molecular flexibility index (Phi) is 4.73. The van der Waals surface area contributed by atoms with Crippen LogP contribution in [-0.4, -0.2) is 11.0 Å². The third-order valence-corrected chi connectivity index (χ3v) is 1.82. The Balaban J connectivity index is 2.68. The van der Waals surface area contributed by atoms with Gasteiger partial charge in [0.25, 0.3) is 0 Å². The second-order valence-corrected chi connectivity index (χ2v) is 3.23. The summed E-state index contributed by atoms with van der Waals surface area (Å²) in [7, 11) is 0. The lowest BCUT2D eigenvalue weighted by Crippen LogP contribution is -1.87. The van der Waals surface area contributed by atoms with Gasteiger partial charge in [-0.25, -0.2) is 0 Å². The molecule has 0 aromatic carbocycles. The van der Waals surface area contributed by atoms with Gasteiger partial charge in [0.05, 0.1) is 0 Å². The molecular formula is C6H13S. The maximum absolute atomic E-state index is 3.84. The molecule has 0 aliphatic carbocycles. The molecular weight excluding hydrogens is 104 g/mol. The summed E-state index contributed by atoms with van der Waals surface area (Å²) in [5, 5.41) is 0.569. The minimum Gasteiger partial charge on any atom is -0.159 e. The van der Waals surface area contributed by atoms with Gasteiger partial charge in [-0.15, -0.1) is 0 Å². The van der Waals surface area contributed by atoms with Gasteiger partial charge in [0.1, 0.15) is 0 Å². The molecule has 0 N–H and O–H groups in total. The molecule has 0 nitrogen and oxygen atoms in total. The van der Waals surface area contributed by atoms with Crippen LogP contribution in [0.2, 0.25) is 0 Å². The van der Waals surface area contributed by atoms with Gasteiger partial charge in [-0.2, -0.15) is 11.8 Å². The number of thioether (sulfide) groups is 1. The van der Waals surface area contributed by atoms with Gasteiger partial charge >= 0.3 is 0 Å². The minimum atomic E-state index is 0.569. The van der Waals surface area contributed by atoms with Gasteiger partial charge in [0.15, 0.2) is 0 Å². The van der Waals surface area contributed by atoms with E-state index in [1.807, 2.05) is 11.8 Å². The molecule has 1 heteroatoms. The maximum Gasteiger partial charge on any atom is 0.00191 e. The standard InChI is InChI=1S/C6H13S/c1-4-5-7-6(2)3/h6H,2,4-5H2,1,3H3/t6-/m0/s1. The molecule has 0 saturated carbocycles. The van der Waals surface area contributed by atoms with Crippen molar-refractivity contribution >= 4 is 11.8 Å². The second kappa shape index (κ2) is 4.51. The fourth-order valence-electron chi connectivity index (χ4n) is 0.319. The van der Waals surface area contributed by atoms with E-state index in [-0.39, 0.29) is 0 Å². The molecule has 0 aliphatic heterocycles. The van der Waals surface area contributed by atoms with Crippen LogP contribution in [-0.2, 0) is 0 Å². The summed E-state index contributed by atoms with van der Waals surface area (Å²) in [6.45, 7) is 8.15. The van der Waals surface area contributed by atoms with Crippen LogP contribution in [0.15, 0.2) is 0 Å². The van der Waals surface area contributed by atoms with Crippen molar-refractivity contribution < 1.29 is 0 Å². The molecule has 0 rings (SSSR count). The van der Waals surface area contributed by atoms with Gasteiger partial charge in [-0.1, -0.05) is 13.8 Å². The molecule has 0 fully saturated rings. The molecule has 0 aliphatic rings. The Labute approximate surface area is 50.7 Å². The van der Waals surface area contributed by atoms with E-state index in [1.54, 1.807) is 0 Å². The van der Waals surface area contributed by atoms with E-state index in [4.69, 9.17) is 0 Å². The highest BCUT2D eigenvalue weighted by atomic mass is 32.2. The zero-order valence-corrected chi connectivity index (χ0v) is 5.92. The van der Waals surface area contributed by atoms with Gasteiger partial charge in [-0.05, 0) is 19.1 Å². The molecule has 0 amide bonds. The Morgan fingerprint density at radius 1 is 1.71 bits per heavy atom. The second-order valence-electron chi connectivity index (χ2n) is 1.68. The smallest absolute Gasteiger partial charge is 0.00191 e. The van der Waals surface area contributed by atoms with Crippen LogP contribution in [0.25, 0.3) is 0 Å². The van der Waals surface area contributed by atoms with E-state index < -0.39 is 0 Å². The fraction of sp³-hybridized carbons (Fsp3) is 0.833. The molecule has 0 aromatic heterocycles. The molecule has 0 spiro atoms. The predicted molar refractivity (Wildman–Crippen MR) is 37.6 cm³/mol. The summed E-state index contributed by atoms with van der Waals surface area (Å²) >= 11 is 1.92. The van der Waals surface area contributed by atoms with Crippen LogP contribution in [0.1, 0.15) is 20.3 Å². The highest BCUT2D eigenvalue weighted by molar-refractivity contribution is 7.99. The highest BCUT2D eigenvalue weighted by Crippen LogP contribution is 2.08. The predicted octanol–water partition coefficient (Wildman–Crippen LogP) is 2.35. The fourth-order valence-corrected chi connectivity index (χ4v) is 0.957. The largest absolute Gasteiger partial charge is 0.159 e. The molecule has 0 heterocycles. The van der Waals surface area contributed by atoms with Crippen molar-refractivity contribution in [3.05, 3.63) is 6.92 Å². The van der Waals surface area contributed by atoms with Crippen LogP contribution in [0.3, 0.4) is 0 Å². The third-order valence-electron chi connectivity index (χ3n) is 0.606. The molecule has 43 valence electrons. The first-order valence-corrected chi connectivity index (χ1v) is 3.77. The Morgan fingerprint density at radius 2 is 2.29 bits per heavy atom. The van der Waals surface area contributed by atoms with Crippen molar-refractivity contribution in [2.75, 3.05) is 5.75 Å². The number of rotatable bonds is 3. The molecule has 0 aromatic rings. The molecule has 7 heavy (non-hydrogen) atoms. The van der Waals surface area contributed by atoms with Gasteiger partial charge < -0.3 is 0 Å². The summed E-state index contributed by atoms with van der Waals surface area (Å²) in [5.74, 6) is 1.25. The third kappa shape index (κ3) is 6.35. The van der Waals surface area contributed by atoms with Crippen LogP contribution in [0.5, 0.6) is 0 Å². The highest BCUT2D eigenvalue weighted by Gasteiger charge is 1.88. The summed E-state index contributed by atoms with van der Waals surface area (Å²) in [6.07, 6.45) is 1.27. The summed E-state index contributed by atoms with van der Waals surface area (Å²) in [6, 6.07) is 0. The van der Waals surface area contributed by atoms with E-state index in [0.717, 1.165) is 0 Å². The number of hydrogen-bond acceptors (Lipinski definition) is 1. The zero-order valence-electron chi connectivity index (χ0n) is 5.11. The molecule has 0 bridgehead atoms. The first-order chi connectivity index (χ1) is 3.27. The maximum atomic E-state index is 3.84. The SMILES string of the molecule is [CH2][C@@H](C)SCCC. The van der Waals surface area contributed by atoms with E-state index in [0.29, 0.717) is 5.25 Å². The average Bonchev–Trinajstić information content (AvgIpc) is 1.61. The molecule has 0 unspecified atom stereocenters. The first kappa shape index (κ1) is 7.35. The van der Waals surface area contributed by atoms with Crippen molar-refractivity contribution in [3.8, 4) is 0 Å². The van der Waals surface area contributed by atoms with Crippen molar-refractivity contribution in [1.82, 2.24) is 0 Å². The monoisotopic (exact) mass is 117 g/mol. The topological polar surface area (TPSA) is 0 Å². The molecule has 1 atom stereocenters. The van der Waals surface area contributed by atoms with E-state index >= 15 is 0 Å². The van der Waals surface area contributed by atoms with Crippen molar-refractivity contribution in [3.63, 3.8) is 0 Å². The van der Waals surface area contributed by atoms with Gasteiger partial charge in [-0.3, -0.25) is 0 Å². The molecule has 1 radical (unpaired) electrons. The van der Waals surface area contributed by atoms with Crippen molar-refractivity contribution in [1.29, 1.82) is 0 Å². The van der Waals surface area contributed by atoms with Crippen LogP contribution in [0.4, 0.5) is 0 Å². The van der Waals surface area contributed by atoms with Gasteiger partial charge in [0.2, 0.25) is 0 Å². The Morgan fingerprint density at radius 3 is 2.43 bits per heavy atom. The zero-order chi connectivity index (χ0) is 5.70. The lowest BCUT2D eigenvalue weighted by atomic mass is 10.6. The van der Waals surface area contributed by atoms with E-state index in [2.05, 4.69) is 20.8 Å². The average molecular weight is 117 g/mol. The van der Waals surface area contributed by atoms with E-state index in [9.17, 15) is 0 Å². The number of hydrogen-bond donors (Lipinski definition) is 0. The normalized spacial score (nSPS) is 10.3. The van der Waals surface area contributed by atoms with Crippen LogP contribution in [0, 0.1) is 6.92 Å². The van der Waals surface area contributed by atoms with Crippen LogP contribution < -0.4 is 0 Å². The quantitative estimate of drug-likeness (QED) is 0.547. The lowest BCUT2D eigenvalue weighted by molar-refractivity contribution is 1.09. The lowest BCUT2D eigenvalue weighted by Gasteiger charge is -1.99. The van der Waals surface area contributed by atoms with E-state index in [1.165, 1.54) is 12.2 Å². The minimum absolute atomic E-state index is 0.569. The Hall–Kier alpha value is 0.350. The van der Waals surface area contributed by atoms with Crippen molar-refractivity contribution in [2.45, 2.75) is 25.5 Å². The first-order valence-electron chi connectivity index (χ1n) is 2.72.